The number of hydrogen-bond acceptors (Lipinski definition) is 4. The van der Waals surface area contributed by atoms with Crippen molar-refractivity contribution in [3.63, 3.8) is 0 Å². The lowest BCUT2D eigenvalue weighted by Crippen LogP contribution is -2.44. The molecular formula is C7H15NO5S. The Hall–Kier alpha value is -0.660. The van der Waals surface area contributed by atoms with Gasteiger partial charge in [0, 0.05) is 0 Å². The molecule has 0 aromatic rings. The first-order valence-corrected chi connectivity index (χ1v) is 5.92. The Morgan fingerprint density at radius 2 is 2.07 bits per heavy atom. The van der Waals surface area contributed by atoms with Gasteiger partial charge in [-0.2, -0.15) is 4.72 Å². The Bertz CT molecular complexity index is 274. The second-order valence-corrected chi connectivity index (χ2v) is 4.74. The van der Waals surface area contributed by atoms with E-state index in [4.69, 9.17) is 10.2 Å². The summed E-state index contributed by atoms with van der Waals surface area (Å²) >= 11 is 0. The van der Waals surface area contributed by atoms with Crippen molar-refractivity contribution >= 4 is 16.0 Å². The molecule has 0 aliphatic rings. The molecule has 0 aliphatic heterocycles. The molecule has 1 atom stereocenters. The quantitative estimate of drug-likeness (QED) is 0.523. The molecule has 0 saturated heterocycles. The third-order valence-electron chi connectivity index (χ3n) is 1.57. The van der Waals surface area contributed by atoms with Crippen LogP contribution in [0.4, 0.5) is 0 Å². The van der Waals surface area contributed by atoms with E-state index >= 15 is 0 Å². The van der Waals surface area contributed by atoms with Gasteiger partial charge < -0.3 is 10.2 Å². The van der Waals surface area contributed by atoms with Gasteiger partial charge in [-0.3, -0.25) is 4.79 Å². The first-order valence-electron chi connectivity index (χ1n) is 4.26. The zero-order chi connectivity index (χ0) is 11.2. The molecule has 6 nitrogen and oxygen atoms in total. The number of rotatable bonds is 7. The van der Waals surface area contributed by atoms with Gasteiger partial charge in [-0.1, -0.05) is 13.3 Å². The minimum Gasteiger partial charge on any atom is -0.480 e. The lowest BCUT2D eigenvalue weighted by atomic mass is 10.3. The molecule has 0 heterocycles. The monoisotopic (exact) mass is 225 g/mol. The minimum absolute atomic E-state index is 0.118. The Morgan fingerprint density at radius 3 is 2.43 bits per heavy atom. The summed E-state index contributed by atoms with van der Waals surface area (Å²) in [5.41, 5.74) is 0. The van der Waals surface area contributed by atoms with Crippen LogP contribution in [0.1, 0.15) is 19.8 Å². The minimum atomic E-state index is -3.59. The van der Waals surface area contributed by atoms with Crippen LogP contribution in [0.2, 0.25) is 0 Å². The molecule has 0 rings (SSSR count). The van der Waals surface area contributed by atoms with E-state index in [9.17, 15) is 13.2 Å². The van der Waals surface area contributed by atoms with Gasteiger partial charge in [0.1, 0.15) is 6.04 Å². The van der Waals surface area contributed by atoms with Gasteiger partial charge in [0.2, 0.25) is 10.0 Å². The highest BCUT2D eigenvalue weighted by Crippen LogP contribution is 1.95. The Balaban J connectivity index is 4.26. The normalized spacial score (nSPS) is 13.9. The highest BCUT2D eigenvalue weighted by Gasteiger charge is 2.22. The summed E-state index contributed by atoms with van der Waals surface area (Å²) < 4.78 is 24.3. The first-order chi connectivity index (χ1) is 6.43. The number of carboxylic acids is 1. The lowest BCUT2D eigenvalue weighted by Gasteiger charge is -2.11. The molecule has 0 aromatic heterocycles. The van der Waals surface area contributed by atoms with Crippen LogP contribution < -0.4 is 4.72 Å². The summed E-state index contributed by atoms with van der Waals surface area (Å²) in [6.07, 6.45) is 1.17. The van der Waals surface area contributed by atoms with Crippen molar-refractivity contribution in [3.8, 4) is 0 Å². The summed E-state index contributed by atoms with van der Waals surface area (Å²) in [5, 5.41) is 17.1. The number of aliphatic hydroxyl groups is 1. The van der Waals surface area contributed by atoms with E-state index in [0.717, 1.165) is 0 Å². The smallest absolute Gasteiger partial charge is 0.324 e. The van der Waals surface area contributed by atoms with Crippen molar-refractivity contribution in [1.29, 1.82) is 0 Å². The van der Waals surface area contributed by atoms with E-state index in [2.05, 4.69) is 0 Å². The van der Waals surface area contributed by atoms with E-state index in [1.54, 1.807) is 0 Å². The predicted octanol–water partition coefficient (Wildman–Crippen LogP) is -0.849. The second-order valence-electron chi connectivity index (χ2n) is 2.86. The van der Waals surface area contributed by atoms with Crippen LogP contribution >= 0.6 is 0 Å². The maximum Gasteiger partial charge on any atom is 0.324 e. The summed E-state index contributed by atoms with van der Waals surface area (Å²) in [6, 6.07) is -1.45. The SMILES string of the molecule is CCCCS(=O)(=O)NC(CO)C(=O)O. The molecule has 7 heteroatoms. The molecule has 0 amide bonds. The molecule has 0 bridgehead atoms. The Morgan fingerprint density at radius 1 is 1.50 bits per heavy atom. The Labute approximate surface area is 83.0 Å². The zero-order valence-corrected chi connectivity index (χ0v) is 8.75. The average molecular weight is 225 g/mol. The Kier molecular flexibility index (Phi) is 5.66. The van der Waals surface area contributed by atoms with Crippen LogP contribution in [0.3, 0.4) is 0 Å². The van der Waals surface area contributed by atoms with Crippen molar-refractivity contribution in [3.05, 3.63) is 0 Å². The molecule has 0 spiro atoms. The van der Waals surface area contributed by atoms with Gasteiger partial charge in [-0.15, -0.1) is 0 Å². The van der Waals surface area contributed by atoms with Crippen molar-refractivity contribution in [2.24, 2.45) is 0 Å². The van der Waals surface area contributed by atoms with E-state index in [1.165, 1.54) is 0 Å². The fourth-order valence-electron chi connectivity index (χ4n) is 0.776. The molecule has 0 saturated carbocycles. The topological polar surface area (TPSA) is 104 Å². The zero-order valence-electron chi connectivity index (χ0n) is 7.93. The molecular weight excluding hydrogens is 210 g/mol. The number of aliphatic carboxylic acids is 1. The van der Waals surface area contributed by atoms with Gasteiger partial charge in [-0.05, 0) is 6.42 Å². The predicted molar refractivity (Wildman–Crippen MR) is 50.3 cm³/mol. The van der Waals surface area contributed by atoms with E-state index in [0.29, 0.717) is 12.8 Å². The lowest BCUT2D eigenvalue weighted by molar-refractivity contribution is -0.139. The molecule has 3 N–H and O–H groups in total. The van der Waals surface area contributed by atoms with Crippen molar-refractivity contribution < 1.29 is 23.4 Å². The average Bonchev–Trinajstić information content (AvgIpc) is 2.10. The van der Waals surface area contributed by atoms with Gasteiger partial charge in [0.15, 0.2) is 0 Å². The van der Waals surface area contributed by atoms with E-state index < -0.39 is 28.6 Å². The van der Waals surface area contributed by atoms with Gasteiger partial charge in [0.25, 0.3) is 0 Å². The number of carboxylic acid groups (broad SMARTS) is 1. The number of nitrogens with one attached hydrogen (secondary N) is 1. The fourth-order valence-corrected chi connectivity index (χ4v) is 2.17. The highest BCUT2D eigenvalue weighted by molar-refractivity contribution is 7.89. The van der Waals surface area contributed by atoms with Gasteiger partial charge >= 0.3 is 5.97 Å². The highest BCUT2D eigenvalue weighted by atomic mass is 32.2. The first kappa shape index (κ1) is 13.3. The van der Waals surface area contributed by atoms with Crippen LogP contribution in [-0.2, 0) is 14.8 Å². The number of carbonyl (C=O) groups is 1. The molecule has 84 valence electrons. The molecule has 0 aliphatic carbocycles. The summed E-state index contributed by atoms with van der Waals surface area (Å²) in [6.45, 7) is 1.08. The third-order valence-corrected chi connectivity index (χ3v) is 3.04. The van der Waals surface area contributed by atoms with Crippen molar-refractivity contribution in [1.82, 2.24) is 4.72 Å². The summed E-state index contributed by atoms with van der Waals surface area (Å²) in [5.74, 6) is -1.50. The van der Waals surface area contributed by atoms with Crippen LogP contribution in [0.5, 0.6) is 0 Å². The van der Waals surface area contributed by atoms with Crippen LogP contribution in [0.15, 0.2) is 0 Å². The summed E-state index contributed by atoms with van der Waals surface area (Å²) in [4.78, 5) is 10.4. The van der Waals surface area contributed by atoms with Crippen molar-refractivity contribution in [2.45, 2.75) is 25.8 Å². The van der Waals surface area contributed by atoms with Gasteiger partial charge in [0.05, 0.1) is 12.4 Å². The van der Waals surface area contributed by atoms with Crippen LogP contribution in [-0.4, -0.2) is 43.0 Å². The third kappa shape index (κ3) is 5.15. The van der Waals surface area contributed by atoms with E-state index in [1.807, 2.05) is 11.6 Å². The van der Waals surface area contributed by atoms with Crippen molar-refractivity contribution in [2.75, 3.05) is 12.4 Å². The molecule has 0 aromatic carbocycles. The maximum atomic E-state index is 11.2. The van der Waals surface area contributed by atoms with Crippen LogP contribution in [0.25, 0.3) is 0 Å². The standard InChI is InChI=1S/C7H15NO5S/c1-2-3-4-14(12,13)8-6(5-9)7(10)11/h6,8-9H,2-5H2,1H3,(H,10,11). The van der Waals surface area contributed by atoms with Crippen LogP contribution in [0, 0.1) is 0 Å². The fraction of sp³-hybridized carbons (Fsp3) is 0.857. The molecule has 14 heavy (non-hydrogen) atoms. The number of aliphatic hydroxyl groups excluding tert-OH is 1. The second kappa shape index (κ2) is 5.94. The molecule has 0 radical (unpaired) electrons. The molecule has 0 fully saturated rings. The maximum absolute atomic E-state index is 11.2. The largest absolute Gasteiger partial charge is 0.480 e. The number of hydrogen-bond donors (Lipinski definition) is 3. The van der Waals surface area contributed by atoms with E-state index in [-0.39, 0.29) is 5.75 Å². The number of unbranched alkanes of at least 4 members (excludes halogenated alkanes) is 1. The van der Waals surface area contributed by atoms with Gasteiger partial charge in [-0.25, -0.2) is 8.42 Å². The number of sulfonamides is 1. The molecule has 1 unspecified atom stereocenters. The summed E-state index contributed by atoms with van der Waals surface area (Å²) in [7, 11) is -3.59.